The van der Waals surface area contributed by atoms with Crippen molar-refractivity contribution in [2.24, 2.45) is 0 Å². The molecule has 0 aliphatic heterocycles. The van der Waals surface area contributed by atoms with E-state index in [0.717, 1.165) is 18.4 Å². The Morgan fingerprint density at radius 1 is 1.38 bits per heavy atom. The molecule has 0 aliphatic carbocycles. The molecule has 0 aliphatic rings. The second-order valence-electron chi connectivity index (χ2n) is 3.84. The SMILES string of the molecule is COC(=O)c1nc(NCCOCC(F)(F)F)sc1C(C)=O. The Morgan fingerprint density at radius 2 is 2.05 bits per heavy atom. The molecule has 0 amide bonds. The Labute approximate surface area is 122 Å². The number of carbonyl (C=O) groups is 2. The van der Waals surface area contributed by atoms with Gasteiger partial charge < -0.3 is 14.8 Å². The zero-order chi connectivity index (χ0) is 16.0. The third kappa shape index (κ3) is 5.68. The highest BCUT2D eigenvalue weighted by Gasteiger charge is 2.27. The van der Waals surface area contributed by atoms with Gasteiger partial charge in [0.05, 0.1) is 13.7 Å². The van der Waals surface area contributed by atoms with Gasteiger partial charge in [-0.1, -0.05) is 11.3 Å². The van der Waals surface area contributed by atoms with Crippen molar-refractivity contribution in [2.45, 2.75) is 13.1 Å². The number of ketones is 1. The molecule has 1 rings (SSSR count). The average molecular weight is 326 g/mol. The zero-order valence-corrected chi connectivity index (χ0v) is 12.1. The number of halogens is 3. The van der Waals surface area contributed by atoms with Crippen LogP contribution in [-0.4, -0.2) is 49.8 Å². The smallest absolute Gasteiger partial charge is 0.411 e. The number of anilines is 1. The van der Waals surface area contributed by atoms with E-state index >= 15 is 0 Å². The molecule has 6 nitrogen and oxygen atoms in total. The summed E-state index contributed by atoms with van der Waals surface area (Å²) in [5.41, 5.74) is -0.117. The summed E-state index contributed by atoms with van der Waals surface area (Å²) in [6, 6.07) is 0. The van der Waals surface area contributed by atoms with Crippen LogP contribution < -0.4 is 5.32 Å². The molecule has 1 aromatic rings. The molecule has 0 radical (unpaired) electrons. The lowest BCUT2D eigenvalue weighted by Gasteiger charge is -2.07. The van der Waals surface area contributed by atoms with Gasteiger partial charge >= 0.3 is 12.1 Å². The summed E-state index contributed by atoms with van der Waals surface area (Å²) in [5.74, 6) is -1.10. The summed E-state index contributed by atoms with van der Waals surface area (Å²) in [4.78, 5) is 26.8. The number of carbonyl (C=O) groups excluding carboxylic acids is 2. The number of Topliss-reactive ketones (excluding diaryl/α,β-unsaturated/α-hetero) is 1. The number of alkyl halides is 3. The molecule has 0 unspecified atom stereocenters. The Balaban J connectivity index is 2.56. The first-order valence-corrected chi connectivity index (χ1v) is 6.54. The standard InChI is InChI=1S/C11H13F3N2O4S/c1-6(17)8-7(9(18)19-2)16-10(21-8)15-3-4-20-5-11(12,13)14/h3-5H2,1-2H3,(H,15,16). The fraction of sp³-hybridized carbons (Fsp3) is 0.545. The van der Waals surface area contributed by atoms with Crippen molar-refractivity contribution in [3.63, 3.8) is 0 Å². The number of esters is 1. The summed E-state index contributed by atoms with van der Waals surface area (Å²) < 4.78 is 44.4. The first kappa shape index (κ1) is 17.4. The van der Waals surface area contributed by atoms with Crippen LogP contribution in [0.1, 0.15) is 27.1 Å². The third-order valence-corrected chi connectivity index (χ3v) is 3.23. The maximum atomic E-state index is 11.8. The van der Waals surface area contributed by atoms with Crippen LogP contribution in [-0.2, 0) is 9.47 Å². The fourth-order valence-electron chi connectivity index (χ4n) is 1.29. The lowest BCUT2D eigenvalue weighted by atomic mass is 10.3. The van der Waals surface area contributed by atoms with E-state index in [2.05, 4.69) is 19.8 Å². The molecule has 0 spiro atoms. The quantitative estimate of drug-likeness (QED) is 0.470. The van der Waals surface area contributed by atoms with E-state index in [4.69, 9.17) is 0 Å². The first-order valence-electron chi connectivity index (χ1n) is 5.73. The van der Waals surface area contributed by atoms with Crippen molar-refractivity contribution >= 4 is 28.2 Å². The number of rotatable bonds is 7. The summed E-state index contributed by atoms with van der Waals surface area (Å²) >= 11 is 0.925. The Kier molecular flexibility index (Phi) is 6.09. The predicted octanol–water partition coefficient (Wildman–Crippen LogP) is 2.12. The molecular formula is C11H13F3N2O4S. The van der Waals surface area contributed by atoms with Crippen LogP contribution in [0, 0.1) is 0 Å². The van der Waals surface area contributed by atoms with Gasteiger partial charge in [-0.15, -0.1) is 0 Å². The molecule has 1 heterocycles. The lowest BCUT2D eigenvalue weighted by Crippen LogP contribution is -2.20. The van der Waals surface area contributed by atoms with Crippen LogP contribution in [0.2, 0.25) is 0 Å². The van der Waals surface area contributed by atoms with Crippen molar-refractivity contribution < 1.29 is 32.2 Å². The molecule has 0 atom stereocenters. The van der Waals surface area contributed by atoms with Gasteiger partial charge in [-0.2, -0.15) is 13.2 Å². The maximum Gasteiger partial charge on any atom is 0.411 e. The van der Waals surface area contributed by atoms with E-state index in [0.29, 0.717) is 0 Å². The number of ether oxygens (including phenoxy) is 2. The molecule has 0 fully saturated rings. The van der Waals surface area contributed by atoms with Crippen molar-refractivity contribution in [1.29, 1.82) is 0 Å². The van der Waals surface area contributed by atoms with Crippen LogP contribution in [0.15, 0.2) is 0 Å². The largest absolute Gasteiger partial charge is 0.464 e. The number of nitrogens with one attached hydrogen (secondary N) is 1. The minimum absolute atomic E-state index is 0.0571. The zero-order valence-electron chi connectivity index (χ0n) is 11.2. The molecule has 0 saturated carbocycles. The van der Waals surface area contributed by atoms with Gasteiger partial charge in [0.25, 0.3) is 0 Å². The van der Waals surface area contributed by atoms with Crippen molar-refractivity contribution in [3.8, 4) is 0 Å². The first-order chi connectivity index (χ1) is 9.74. The van der Waals surface area contributed by atoms with E-state index in [1.807, 2.05) is 0 Å². The minimum atomic E-state index is -4.37. The Morgan fingerprint density at radius 3 is 2.57 bits per heavy atom. The van der Waals surface area contributed by atoms with Gasteiger partial charge in [-0.05, 0) is 0 Å². The summed E-state index contributed by atoms with van der Waals surface area (Å²) in [7, 11) is 1.16. The highest BCUT2D eigenvalue weighted by Crippen LogP contribution is 2.24. The van der Waals surface area contributed by atoms with E-state index in [1.165, 1.54) is 6.92 Å². The van der Waals surface area contributed by atoms with Crippen molar-refractivity contribution in [2.75, 3.05) is 32.2 Å². The number of hydrogen-bond donors (Lipinski definition) is 1. The van der Waals surface area contributed by atoms with Crippen LogP contribution in [0.5, 0.6) is 0 Å². The van der Waals surface area contributed by atoms with Gasteiger partial charge in [0.2, 0.25) is 0 Å². The van der Waals surface area contributed by atoms with Gasteiger partial charge in [-0.25, -0.2) is 9.78 Å². The van der Waals surface area contributed by atoms with E-state index in [-0.39, 0.29) is 34.6 Å². The van der Waals surface area contributed by atoms with Crippen LogP contribution >= 0.6 is 11.3 Å². The van der Waals surface area contributed by atoms with Crippen LogP contribution in [0.25, 0.3) is 0 Å². The molecule has 0 aromatic carbocycles. The molecule has 1 aromatic heterocycles. The maximum absolute atomic E-state index is 11.8. The second kappa shape index (κ2) is 7.36. The summed E-state index contributed by atoms with van der Waals surface area (Å²) in [6.45, 7) is -0.196. The van der Waals surface area contributed by atoms with Gasteiger partial charge in [0.15, 0.2) is 16.6 Å². The van der Waals surface area contributed by atoms with Gasteiger partial charge in [-0.3, -0.25) is 4.79 Å². The number of aromatic nitrogens is 1. The molecular weight excluding hydrogens is 313 g/mol. The second-order valence-corrected chi connectivity index (χ2v) is 4.84. The number of nitrogens with zero attached hydrogens (tertiary/aromatic N) is 1. The molecule has 118 valence electrons. The number of thiazole rings is 1. The van der Waals surface area contributed by atoms with Crippen LogP contribution in [0.3, 0.4) is 0 Å². The molecule has 10 heteroatoms. The van der Waals surface area contributed by atoms with E-state index in [1.54, 1.807) is 0 Å². The Hall–Kier alpha value is -1.68. The third-order valence-electron chi connectivity index (χ3n) is 2.11. The molecule has 0 saturated heterocycles. The summed E-state index contributed by atoms with van der Waals surface area (Å²) in [5, 5.41) is 2.91. The summed E-state index contributed by atoms with van der Waals surface area (Å²) in [6.07, 6.45) is -4.37. The normalized spacial score (nSPS) is 11.3. The molecule has 21 heavy (non-hydrogen) atoms. The fourth-order valence-corrected chi connectivity index (χ4v) is 2.16. The van der Waals surface area contributed by atoms with Gasteiger partial charge in [0.1, 0.15) is 11.5 Å². The van der Waals surface area contributed by atoms with Crippen LogP contribution in [0.4, 0.5) is 18.3 Å². The topological polar surface area (TPSA) is 77.5 Å². The average Bonchev–Trinajstić information content (AvgIpc) is 2.80. The van der Waals surface area contributed by atoms with E-state index in [9.17, 15) is 22.8 Å². The lowest BCUT2D eigenvalue weighted by molar-refractivity contribution is -0.172. The van der Waals surface area contributed by atoms with Crippen molar-refractivity contribution in [1.82, 2.24) is 4.98 Å². The highest BCUT2D eigenvalue weighted by atomic mass is 32.1. The number of methoxy groups -OCH3 is 1. The predicted molar refractivity (Wildman–Crippen MR) is 68.8 cm³/mol. The van der Waals surface area contributed by atoms with E-state index < -0.39 is 18.8 Å². The monoisotopic (exact) mass is 326 g/mol. The molecule has 0 bridgehead atoms. The van der Waals surface area contributed by atoms with Gasteiger partial charge in [0, 0.05) is 13.5 Å². The highest BCUT2D eigenvalue weighted by molar-refractivity contribution is 7.17. The Bertz CT molecular complexity index is 516. The minimum Gasteiger partial charge on any atom is -0.464 e. The van der Waals surface area contributed by atoms with Crippen molar-refractivity contribution in [3.05, 3.63) is 10.6 Å². The number of hydrogen-bond acceptors (Lipinski definition) is 7. The molecule has 1 N–H and O–H groups in total.